The SMILES string of the molecule is C=CCO/C=C/C/C=C\C. The molecule has 0 N–H and O–H groups in total. The molecule has 0 aliphatic carbocycles. The van der Waals surface area contributed by atoms with Crippen LogP contribution in [0.2, 0.25) is 0 Å². The van der Waals surface area contributed by atoms with Gasteiger partial charge in [-0.15, -0.1) is 0 Å². The van der Waals surface area contributed by atoms with Gasteiger partial charge in [0.05, 0.1) is 6.26 Å². The zero-order valence-corrected chi connectivity index (χ0v) is 6.42. The van der Waals surface area contributed by atoms with Crippen LogP contribution in [0.1, 0.15) is 13.3 Å². The molecular formula is C9H14O. The quantitative estimate of drug-likeness (QED) is 0.322. The third kappa shape index (κ3) is 7.02. The highest BCUT2D eigenvalue weighted by molar-refractivity contribution is 4.88. The fourth-order valence-electron chi connectivity index (χ4n) is 0.462. The maximum absolute atomic E-state index is 5.00. The van der Waals surface area contributed by atoms with Gasteiger partial charge in [-0.3, -0.25) is 0 Å². The molecule has 0 aromatic rings. The van der Waals surface area contributed by atoms with Gasteiger partial charge in [0.25, 0.3) is 0 Å². The summed E-state index contributed by atoms with van der Waals surface area (Å²) in [7, 11) is 0. The minimum atomic E-state index is 0.590. The number of hydrogen-bond acceptors (Lipinski definition) is 1. The van der Waals surface area contributed by atoms with Crippen molar-refractivity contribution in [2.75, 3.05) is 6.61 Å². The summed E-state index contributed by atoms with van der Waals surface area (Å²) in [5, 5.41) is 0. The minimum absolute atomic E-state index is 0.590. The monoisotopic (exact) mass is 138 g/mol. The van der Waals surface area contributed by atoms with Crippen molar-refractivity contribution in [1.29, 1.82) is 0 Å². The number of allylic oxidation sites excluding steroid dienone is 3. The lowest BCUT2D eigenvalue weighted by atomic mass is 10.4. The molecule has 0 fully saturated rings. The molecule has 0 amide bonds. The second-order valence-corrected chi connectivity index (χ2v) is 1.80. The Labute approximate surface area is 62.7 Å². The van der Waals surface area contributed by atoms with Crippen molar-refractivity contribution in [1.82, 2.24) is 0 Å². The molecule has 1 nitrogen and oxygen atoms in total. The smallest absolute Gasteiger partial charge is 0.105 e. The van der Waals surface area contributed by atoms with Crippen LogP contribution in [-0.2, 0) is 4.74 Å². The summed E-state index contributed by atoms with van der Waals surface area (Å²) in [4.78, 5) is 0. The predicted octanol–water partition coefficient (Wildman–Crippen LogP) is 2.67. The molecule has 0 atom stereocenters. The van der Waals surface area contributed by atoms with E-state index in [4.69, 9.17) is 4.74 Å². The van der Waals surface area contributed by atoms with Crippen molar-refractivity contribution >= 4 is 0 Å². The van der Waals surface area contributed by atoms with E-state index in [9.17, 15) is 0 Å². The van der Waals surface area contributed by atoms with Gasteiger partial charge >= 0.3 is 0 Å². The summed E-state index contributed by atoms with van der Waals surface area (Å²) in [6.45, 7) is 6.11. The summed E-state index contributed by atoms with van der Waals surface area (Å²) < 4.78 is 5.00. The zero-order valence-electron chi connectivity index (χ0n) is 6.42. The molecule has 0 saturated carbocycles. The first-order chi connectivity index (χ1) is 4.91. The van der Waals surface area contributed by atoms with E-state index >= 15 is 0 Å². The van der Waals surface area contributed by atoms with E-state index in [2.05, 4.69) is 12.7 Å². The van der Waals surface area contributed by atoms with Gasteiger partial charge in [-0.05, 0) is 19.4 Å². The van der Waals surface area contributed by atoms with Gasteiger partial charge in [0.2, 0.25) is 0 Å². The normalized spacial score (nSPS) is 10.9. The van der Waals surface area contributed by atoms with Gasteiger partial charge < -0.3 is 4.74 Å². The van der Waals surface area contributed by atoms with Gasteiger partial charge in [0, 0.05) is 0 Å². The molecule has 0 unspecified atom stereocenters. The first-order valence-corrected chi connectivity index (χ1v) is 3.40. The zero-order chi connectivity index (χ0) is 7.66. The van der Waals surface area contributed by atoms with E-state index in [1.54, 1.807) is 12.3 Å². The summed E-state index contributed by atoms with van der Waals surface area (Å²) in [6, 6.07) is 0. The molecule has 56 valence electrons. The summed E-state index contributed by atoms with van der Waals surface area (Å²) in [5.41, 5.74) is 0. The Morgan fingerprint density at radius 1 is 1.40 bits per heavy atom. The van der Waals surface area contributed by atoms with Gasteiger partial charge in [-0.1, -0.05) is 24.8 Å². The molecule has 0 aromatic heterocycles. The minimum Gasteiger partial charge on any atom is -0.497 e. The molecule has 10 heavy (non-hydrogen) atoms. The number of hydrogen-bond donors (Lipinski definition) is 0. The highest BCUT2D eigenvalue weighted by atomic mass is 16.5. The van der Waals surface area contributed by atoms with Crippen LogP contribution < -0.4 is 0 Å². The lowest BCUT2D eigenvalue weighted by Crippen LogP contribution is -1.77. The van der Waals surface area contributed by atoms with Crippen LogP contribution in [0.4, 0.5) is 0 Å². The Morgan fingerprint density at radius 2 is 2.20 bits per heavy atom. The van der Waals surface area contributed by atoms with Crippen LogP contribution in [0.3, 0.4) is 0 Å². The fourth-order valence-corrected chi connectivity index (χ4v) is 0.462. The Kier molecular flexibility index (Phi) is 7.23. The molecule has 0 heterocycles. The van der Waals surface area contributed by atoms with Crippen LogP contribution in [0.15, 0.2) is 37.1 Å². The van der Waals surface area contributed by atoms with Gasteiger partial charge in [0.1, 0.15) is 6.61 Å². The van der Waals surface area contributed by atoms with E-state index in [1.807, 2.05) is 19.1 Å². The lowest BCUT2D eigenvalue weighted by molar-refractivity contribution is 0.289. The second-order valence-electron chi connectivity index (χ2n) is 1.80. The van der Waals surface area contributed by atoms with Crippen molar-refractivity contribution in [3.8, 4) is 0 Å². The van der Waals surface area contributed by atoms with Crippen molar-refractivity contribution in [2.24, 2.45) is 0 Å². The third-order valence-electron chi connectivity index (χ3n) is 0.914. The molecular weight excluding hydrogens is 124 g/mol. The van der Waals surface area contributed by atoms with Crippen LogP contribution in [-0.4, -0.2) is 6.61 Å². The van der Waals surface area contributed by atoms with Crippen molar-refractivity contribution in [3.05, 3.63) is 37.1 Å². The molecule has 0 aliphatic heterocycles. The molecule has 0 spiro atoms. The van der Waals surface area contributed by atoms with Crippen molar-refractivity contribution < 1.29 is 4.74 Å². The Morgan fingerprint density at radius 3 is 2.80 bits per heavy atom. The Balaban J connectivity index is 3.11. The van der Waals surface area contributed by atoms with Crippen LogP contribution >= 0.6 is 0 Å². The summed E-state index contributed by atoms with van der Waals surface area (Å²) in [5.74, 6) is 0. The average molecular weight is 138 g/mol. The van der Waals surface area contributed by atoms with E-state index in [0.29, 0.717) is 6.61 Å². The fraction of sp³-hybridized carbons (Fsp3) is 0.333. The van der Waals surface area contributed by atoms with Crippen molar-refractivity contribution in [3.63, 3.8) is 0 Å². The molecule has 0 saturated heterocycles. The number of ether oxygens (including phenoxy) is 1. The first-order valence-electron chi connectivity index (χ1n) is 3.40. The van der Waals surface area contributed by atoms with Crippen LogP contribution in [0.5, 0.6) is 0 Å². The first kappa shape index (κ1) is 9.02. The molecule has 0 rings (SSSR count). The molecule has 0 radical (unpaired) electrons. The molecule has 0 aromatic carbocycles. The van der Waals surface area contributed by atoms with E-state index < -0.39 is 0 Å². The lowest BCUT2D eigenvalue weighted by Gasteiger charge is -1.90. The maximum Gasteiger partial charge on any atom is 0.105 e. The average Bonchev–Trinajstić information content (AvgIpc) is 1.97. The summed E-state index contributed by atoms with van der Waals surface area (Å²) >= 11 is 0. The number of rotatable bonds is 5. The maximum atomic E-state index is 5.00. The Bertz CT molecular complexity index is 123. The Hall–Kier alpha value is -0.980. The van der Waals surface area contributed by atoms with Crippen LogP contribution in [0, 0.1) is 0 Å². The van der Waals surface area contributed by atoms with E-state index in [0.717, 1.165) is 6.42 Å². The van der Waals surface area contributed by atoms with E-state index in [1.165, 1.54) is 0 Å². The predicted molar refractivity (Wildman–Crippen MR) is 44.7 cm³/mol. The molecule has 1 heteroatoms. The largest absolute Gasteiger partial charge is 0.497 e. The second kappa shape index (κ2) is 8.02. The third-order valence-corrected chi connectivity index (χ3v) is 0.914. The van der Waals surface area contributed by atoms with E-state index in [-0.39, 0.29) is 0 Å². The van der Waals surface area contributed by atoms with Crippen molar-refractivity contribution in [2.45, 2.75) is 13.3 Å². The highest BCUT2D eigenvalue weighted by Gasteiger charge is 1.70. The molecule has 0 aliphatic rings. The topological polar surface area (TPSA) is 9.23 Å². The van der Waals surface area contributed by atoms with Gasteiger partial charge in [0.15, 0.2) is 0 Å². The molecule has 0 bridgehead atoms. The van der Waals surface area contributed by atoms with Gasteiger partial charge in [-0.2, -0.15) is 0 Å². The standard InChI is InChI=1S/C9H14O/c1-3-5-6-7-9-10-8-4-2/h3-5,7,9H,2,6,8H2,1H3/b5-3-,9-7+. The highest BCUT2D eigenvalue weighted by Crippen LogP contribution is 1.86. The van der Waals surface area contributed by atoms with Gasteiger partial charge in [-0.25, -0.2) is 0 Å². The summed E-state index contributed by atoms with van der Waals surface area (Å²) in [6.07, 6.45) is 10.4. The van der Waals surface area contributed by atoms with Crippen LogP contribution in [0.25, 0.3) is 0 Å².